The Labute approximate surface area is 197 Å². The third kappa shape index (κ3) is 5.19. The second-order valence-electron chi connectivity index (χ2n) is 7.86. The zero-order valence-corrected chi connectivity index (χ0v) is 18.3. The molecule has 182 valence electrons. The molecule has 4 N–H and O–H groups in total. The molecular weight excluding hydrogens is 465 g/mol. The highest BCUT2D eigenvalue weighted by Crippen LogP contribution is 2.33. The maximum atomic E-state index is 13.2. The van der Waals surface area contributed by atoms with Gasteiger partial charge in [-0.2, -0.15) is 0 Å². The number of anilines is 2. The number of hydrogen-bond acceptors (Lipinski definition) is 9. The van der Waals surface area contributed by atoms with E-state index in [9.17, 15) is 13.2 Å². The van der Waals surface area contributed by atoms with Gasteiger partial charge < -0.3 is 25.4 Å². The zero-order chi connectivity index (χ0) is 24.4. The minimum absolute atomic E-state index is 0.150. The smallest absolute Gasteiger partial charge is 0.486 e. The van der Waals surface area contributed by atoms with Gasteiger partial charge in [0.1, 0.15) is 24.0 Å². The second-order valence-corrected chi connectivity index (χ2v) is 7.86. The van der Waals surface area contributed by atoms with E-state index in [4.69, 9.17) is 10.5 Å². The number of nitrogen functional groups attached to an aromatic ring is 1. The number of nitrogens with one attached hydrogen (secondary N) is 2. The fourth-order valence-electron chi connectivity index (χ4n) is 3.81. The van der Waals surface area contributed by atoms with Crippen LogP contribution >= 0.6 is 0 Å². The Morgan fingerprint density at radius 3 is 2.57 bits per heavy atom. The van der Waals surface area contributed by atoms with E-state index < -0.39 is 6.36 Å². The molecule has 1 aliphatic heterocycles. The fourth-order valence-corrected chi connectivity index (χ4v) is 3.81. The highest BCUT2D eigenvalue weighted by Gasteiger charge is 2.32. The zero-order valence-electron chi connectivity index (χ0n) is 18.3. The van der Waals surface area contributed by atoms with Crippen LogP contribution in [0.2, 0.25) is 0 Å². The van der Waals surface area contributed by atoms with Crippen molar-refractivity contribution in [3.63, 3.8) is 0 Å². The predicted octanol–water partition coefficient (Wildman–Crippen LogP) is 2.88. The molecule has 0 spiro atoms. The van der Waals surface area contributed by atoms with Crippen LogP contribution in [0.4, 0.5) is 24.8 Å². The maximum absolute atomic E-state index is 13.2. The first-order chi connectivity index (χ1) is 16.9. The number of fused-ring (bicyclic) bond motifs is 1. The summed E-state index contributed by atoms with van der Waals surface area (Å²) in [4.78, 5) is 10.7. The number of aromatic nitrogens is 5. The molecular formula is C22H21F3N8O2. The molecule has 0 saturated carbocycles. The highest BCUT2D eigenvalue weighted by atomic mass is 19.4. The van der Waals surface area contributed by atoms with Gasteiger partial charge in [0.15, 0.2) is 16.9 Å². The average Bonchev–Trinajstić information content (AvgIpc) is 3.31. The van der Waals surface area contributed by atoms with Crippen molar-refractivity contribution in [1.82, 2.24) is 30.7 Å². The molecule has 0 unspecified atom stereocenters. The number of H-pyrrole nitrogens is 1. The van der Waals surface area contributed by atoms with Gasteiger partial charge in [-0.1, -0.05) is 17.3 Å². The predicted molar refractivity (Wildman–Crippen MR) is 122 cm³/mol. The monoisotopic (exact) mass is 486 g/mol. The van der Waals surface area contributed by atoms with Gasteiger partial charge >= 0.3 is 6.36 Å². The first kappa shape index (κ1) is 22.7. The lowest BCUT2D eigenvalue weighted by atomic mass is 10.0. The Kier molecular flexibility index (Phi) is 5.99. The van der Waals surface area contributed by atoms with E-state index in [1.807, 2.05) is 12.1 Å². The minimum Gasteiger partial charge on any atom is -0.486 e. The van der Waals surface area contributed by atoms with Gasteiger partial charge in [0.25, 0.3) is 0 Å². The quantitative estimate of drug-likeness (QED) is 0.377. The molecule has 1 saturated heterocycles. The number of halogens is 3. The van der Waals surface area contributed by atoms with Crippen molar-refractivity contribution in [3.8, 4) is 22.6 Å². The largest absolute Gasteiger partial charge is 0.573 e. The molecule has 1 fully saturated rings. The van der Waals surface area contributed by atoms with E-state index in [1.54, 1.807) is 12.3 Å². The third-order valence-electron chi connectivity index (χ3n) is 5.48. The number of ether oxygens (including phenoxy) is 2. The standard InChI is InChI=1S/C22H21F3N8O2/c23-22(24,25)35-16-9-13(14-3-4-19(28-11-14)33-7-5-27-6-8-33)1-2-15(16)12-34-17-10-18(26)29-21-20(17)30-32-31-21/h1-4,9-11,27H,5-8,12H2,(H3,26,29,30,31,32). The molecule has 1 aromatic carbocycles. The average molecular weight is 486 g/mol. The topological polar surface area (TPSA) is 127 Å². The van der Waals surface area contributed by atoms with Crippen molar-refractivity contribution in [1.29, 1.82) is 0 Å². The molecule has 0 radical (unpaired) electrons. The normalized spacial score (nSPS) is 14.3. The Bertz CT molecular complexity index is 1320. The number of hydrogen-bond donors (Lipinski definition) is 3. The van der Waals surface area contributed by atoms with Crippen molar-refractivity contribution < 1.29 is 22.6 Å². The number of alkyl halides is 3. The van der Waals surface area contributed by atoms with Crippen molar-refractivity contribution in [2.45, 2.75) is 13.0 Å². The summed E-state index contributed by atoms with van der Waals surface area (Å²) in [5.74, 6) is 0.829. The number of benzene rings is 1. The molecule has 0 amide bonds. The Morgan fingerprint density at radius 2 is 1.83 bits per heavy atom. The van der Waals surface area contributed by atoms with E-state index >= 15 is 0 Å². The van der Waals surface area contributed by atoms with Crippen LogP contribution in [-0.2, 0) is 6.61 Å². The molecule has 4 heterocycles. The molecule has 3 aromatic heterocycles. The van der Waals surface area contributed by atoms with Crippen molar-refractivity contribution in [2.24, 2.45) is 0 Å². The molecule has 4 aromatic rings. The summed E-state index contributed by atoms with van der Waals surface area (Å²) in [5, 5.41) is 13.4. The number of nitrogens with zero attached hydrogens (tertiary/aromatic N) is 5. The van der Waals surface area contributed by atoms with E-state index in [0.29, 0.717) is 22.3 Å². The summed E-state index contributed by atoms with van der Waals surface area (Å²) in [7, 11) is 0. The summed E-state index contributed by atoms with van der Waals surface area (Å²) in [6, 6.07) is 9.64. The molecule has 13 heteroatoms. The molecule has 5 rings (SSSR count). The van der Waals surface area contributed by atoms with E-state index in [1.165, 1.54) is 18.2 Å². The van der Waals surface area contributed by atoms with Crippen LogP contribution in [0, 0.1) is 0 Å². The molecule has 0 aliphatic carbocycles. The van der Waals surface area contributed by atoms with E-state index in [0.717, 1.165) is 32.0 Å². The summed E-state index contributed by atoms with van der Waals surface area (Å²) >= 11 is 0. The van der Waals surface area contributed by atoms with Crippen molar-refractivity contribution in [3.05, 3.63) is 48.2 Å². The van der Waals surface area contributed by atoms with Gasteiger partial charge in [0.05, 0.1) is 0 Å². The van der Waals surface area contributed by atoms with E-state index in [-0.39, 0.29) is 29.5 Å². The van der Waals surface area contributed by atoms with Gasteiger partial charge in [-0.3, -0.25) is 0 Å². The van der Waals surface area contributed by atoms with Crippen LogP contribution in [0.1, 0.15) is 5.56 Å². The third-order valence-corrected chi connectivity index (χ3v) is 5.48. The highest BCUT2D eigenvalue weighted by molar-refractivity contribution is 5.79. The number of aromatic amines is 1. The Morgan fingerprint density at radius 1 is 1.03 bits per heavy atom. The minimum atomic E-state index is -4.88. The van der Waals surface area contributed by atoms with Gasteiger partial charge in [-0.25, -0.2) is 15.1 Å². The molecule has 0 bridgehead atoms. The van der Waals surface area contributed by atoms with E-state index in [2.05, 4.69) is 40.3 Å². The van der Waals surface area contributed by atoms with Crippen LogP contribution < -0.4 is 25.4 Å². The number of piperazine rings is 1. The first-order valence-corrected chi connectivity index (χ1v) is 10.8. The van der Waals surface area contributed by atoms with Gasteiger partial charge in [0, 0.05) is 49.6 Å². The van der Waals surface area contributed by atoms with Crippen LogP contribution in [-0.4, -0.2) is 57.9 Å². The Hall–Kier alpha value is -4.13. The lowest BCUT2D eigenvalue weighted by molar-refractivity contribution is -0.275. The van der Waals surface area contributed by atoms with Gasteiger partial charge in [-0.05, 0) is 23.8 Å². The van der Waals surface area contributed by atoms with Crippen LogP contribution in [0.3, 0.4) is 0 Å². The number of pyridine rings is 2. The summed E-state index contributed by atoms with van der Waals surface area (Å²) in [6.45, 7) is 3.21. The lowest BCUT2D eigenvalue weighted by Crippen LogP contribution is -2.43. The summed E-state index contributed by atoms with van der Waals surface area (Å²) < 4.78 is 49.5. The SMILES string of the molecule is Nc1cc(OCc2ccc(-c3ccc(N4CCNCC4)nc3)cc2OC(F)(F)F)c2nn[nH]c2n1. The Balaban J connectivity index is 1.40. The van der Waals surface area contributed by atoms with Crippen LogP contribution in [0.5, 0.6) is 11.5 Å². The summed E-state index contributed by atoms with van der Waals surface area (Å²) in [5.41, 5.74) is 7.74. The van der Waals surface area contributed by atoms with Crippen molar-refractivity contribution >= 4 is 22.8 Å². The summed E-state index contributed by atoms with van der Waals surface area (Å²) in [6.07, 6.45) is -3.24. The molecule has 35 heavy (non-hydrogen) atoms. The number of nitrogens with two attached hydrogens (primary N) is 1. The lowest BCUT2D eigenvalue weighted by Gasteiger charge is -2.28. The number of rotatable bonds is 6. The van der Waals surface area contributed by atoms with Gasteiger partial charge in [0.2, 0.25) is 0 Å². The maximum Gasteiger partial charge on any atom is 0.573 e. The van der Waals surface area contributed by atoms with Crippen LogP contribution in [0.15, 0.2) is 42.6 Å². The van der Waals surface area contributed by atoms with Crippen LogP contribution in [0.25, 0.3) is 22.3 Å². The first-order valence-electron chi connectivity index (χ1n) is 10.8. The van der Waals surface area contributed by atoms with Crippen molar-refractivity contribution in [2.75, 3.05) is 36.8 Å². The molecule has 0 atom stereocenters. The molecule has 1 aliphatic rings. The van der Waals surface area contributed by atoms with Gasteiger partial charge in [-0.15, -0.1) is 18.3 Å². The fraction of sp³-hybridized carbons (Fsp3) is 0.273. The second kappa shape index (κ2) is 9.25. The molecule has 10 nitrogen and oxygen atoms in total.